The van der Waals surface area contributed by atoms with E-state index in [9.17, 15) is 19.2 Å². The van der Waals surface area contributed by atoms with E-state index < -0.39 is 24.2 Å². The standard InChI is InChI=1S/C65H117NO8/c1-6-9-12-15-18-21-24-27-30-33-36-39-42-45-48-51-61(68)72-59-56-58(57-71-60(67)54-55-66(4)5)64(73-62(69)52-49-46-43-40-37-34-31-28-25-22-19-16-13-10-7-2)65(59)74-63(70)53-50-47-44-41-38-35-32-29-26-23-20-17-14-11-8-3/h27-32,58-59,64-65H,6-26,33-57H2,1-5H3/b30-27-,31-28-,32-29-/t58-,59-,64?,65-/m1/s1. The van der Waals surface area contributed by atoms with Crippen molar-refractivity contribution in [2.45, 2.75) is 322 Å². The van der Waals surface area contributed by atoms with Crippen LogP contribution in [0.2, 0.25) is 0 Å². The van der Waals surface area contributed by atoms with Crippen LogP contribution in [0.1, 0.15) is 303 Å². The van der Waals surface area contributed by atoms with Crippen molar-refractivity contribution in [1.82, 2.24) is 4.90 Å². The monoisotopic (exact) mass is 1040 g/mol. The molecule has 430 valence electrons. The first-order valence-corrected chi connectivity index (χ1v) is 31.5. The Morgan fingerprint density at radius 2 is 0.662 bits per heavy atom. The number of unbranched alkanes of at least 4 members (excludes halogenated alkanes) is 33. The summed E-state index contributed by atoms with van der Waals surface area (Å²) in [5.74, 6) is -1.91. The summed E-state index contributed by atoms with van der Waals surface area (Å²) in [4.78, 5) is 55.3. The van der Waals surface area contributed by atoms with E-state index in [0.29, 0.717) is 19.4 Å². The highest BCUT2D eigenvalue weighted by Gasteiger charge is 2.50. The molecule has 9 nitrogen and oxygen atoms in total. The molecule has 1 rings (SSSR count). The van der Waals surface area contributed by atoms with Crippen molar-refractivity contribution in [3.63, 3.8) is 0 Å². The normalized spacial score (nSPS) is 16.8. The van der Waals surface area contributed by atoms with Gasteiger partial charge in [0.25, 0.3) is 0 Å². The van der Waals surface area contributed by atoms with Gasteiger partial charge in [-0.25, -0.2) is 0 Å². The molecule has 0 radical (unpaired) electrons. The van der Waals surface area contributed by atoms with Crippen molar-refractivity contribution in [3.8, 4) is 0 Å². The summed E-state index contributed by atoms with van der Waals surface area (Å²) < 4.78 is 24.2. The molecular formula is C65H117NO8. The summed E-state index contributed by atoms with van der Waals surface area (Å²) in [5, 5.41) is 0. The number of ether oxygens (including phenoxy) is 4. The van der Waals surface area contributed by atoms with Crippen molar-refractivity contribution >= 4 is 23.9 Å². The molecule has 1 unspecified atom stereocenters. The lowest BCUT2D eigenvalue weighted by Gasteiger charge is -2.26. The fourth-order valence-electron chi connectivity index (χ4n) is 9.89. The molecule has 0 aromatic rings. The SMILES string of the molecule is CCCCCCCC/C=C\CCCCCCCC(=O)OC1[C@@H](COC(=O)CCN(C)C)C[C@@H](OC(=O)CCCCCCC/C=C\CCCCCCCC)[C@H]1OC(=O)CCCCCCC/C=C\CCCCCCCC. The van der Waals surface area contributed by atoms with Gasteiger partial charge in [-0.15, -0.1) is 0 Å². The Labute approximate surface area is 456 Å². The van der Waals surface area contributed by atoms with E-state index in [1.807, 2.05) is 19.0 Å². The molecule has 0 saturated heterocycles. The minimum atomic E-state index is -0.966. The maximum atomic E-state index is 13.6. The Balaban J connectivity index is 2.80. The molecule has 1 aliphatic rings. The van der Waals surface area contributed by atoms with Gasteiger partial charge >= 0.3 is 23.9 Å². The number of nitrogens with zero attached hydrogens (tertiary/aromatic N) is 1. The van der Waals surface area contributed by atoms with Crippen molar-refractivity contribution in [2.24, 2.45) is 5.92 Å². The quantitative estimate of drug-likeness (QED) is 0.0255. The van der Waals surface area contributed by atoms with Gasteiger partial charge in [-0.2, -0.15) is 0 Å². The zero-order valence-corrected chi connectivity index (χ0v) is 49.0. The highest BCUT2D eigenvalue weighted by molar-refractivity contribution is 5.72. The lowest BCUT2D eigenvalue weighted by atomic mass is 10.1. The number of hydrogen-bond acceptors (Lipinski definition) is 9. The molecule has 0 aliphatic heterocycles. The zero-order chi connectivity index (χ0) is 53.8. The molecule has 1 fully saturated rings. The van der Waals surface area contributed by atoms with Gasteiger partial charge in [0.15, 0.2) is 6.10 Å². The molecule has 1 aliphatic carbocycles. The van der Waals surface area contributed by atoms with E-state index in [0.717, 1.165) is 103 Å². The predicted octanol–water partition coefficient (Wildman–Crippen LogP) is 18.3. The maximum absolute atomic E-state index is 13.6. The molecule has 0 N–H and O–H groups in total. The summed E-state index contributed by atoms with van der Waals surface area (Å²) in [6.07, 6.45) is 58.3. The van der Waals surface area contributed by atoms with Crippen LogP contribution in [-0.2, 0) is 38.1 Å². The van der Waals surface area contributed by atoms with Crippen molar-refractivity contribution < 1.29 is 38.1 Å². The highest BCUT2D eigenvalue weighted by atomic mass is 16.6. The molecule has 0 bridgehead atoms. The number of hydrogen-bond donors (Lipinski definition) is 0. The third-order valence-electron chi connectivity index (χ3n) is 14.7. The summed E-state index contributed by atoms with van der Waals surface area (Å²) >= 11 is 0. The molecule has 0 aromatic carbocycles. The van der Waals surface area contributed by atoms with Crippen LogP contribution in [0, 0.1) is 5.92 Å². The van der Waals surface area contributed by atoms with Gasteiger partial charge in [0.05, 0.1) is 13.0 Å². The summed E-state index contributed by atoms with van der Waals surface area (Å²) in [6.45, 7) is 7.31. The lowest BCUT2D eigenvalue weighted by Crippen LogP contribution is -2.41. The highest BCUT2D eigenvalue weighted by Crippen LogP contribution is 2.35. The summed E-state index contributed by atoms with van der Waals surface area (Å²) in [7, 11) is 3.81. The van der Waals surface area contributed by atoms with Gasteiger partial charge < -0.3 is 23.8 Å². The first kappa shape index (κ1) is 69.1. The second-order valence-electron chi connectivity index (χ2n) is 22.2. The molecule has 0 heterocycles. The Kier molecular flexibility index (Phi) is 48.7. The van der Waals surface area contributed by atoms with E-state index in [1.165, 1.54) is 135 Å². The topological polar surface area (TPSA) is 108 Å². The summed E-state index contributed by atoms with van der Waals surface area (Å²) in [5.41, 5.74) is 0. The second kappa shape index (κ2) is 52.1. The fourth-order valence-corrected chi connectivity index (χ4v) is 9.89. The number of rotatable bonds is 53. The minimum Gasteiger partial charge on any atom is -0.465 e. The van der Waals surface area contributed by atoms with Crippen LogP contribution in [0.5, 0.6) is 0 Å². The smallest absolute Gasteiger partial charge is 0.307 e. The van der Waals surface area contributed by atoms with Crippen molar-refractivity contribution in [3.05, 3.63) is 36.5 Å². The molecule has 4 atom stereocenters. The zero-order valence-electron chi connectivity index (χ0n) is 49.0. The van der Waals surface area contributed by atoms with Crippen LogP contribution in [0.15, 0.2) is 36.5 Å². The molecule has 0 amide bonds. The van der Waals surface area contributed by atoms with Crippen molar-refractivity contribution in [2.75, 3.05) is 27.2 Å². The average molecular weight is 1040 g/mol. The molecule has 74 heavy (non-hydrogen) atoms. The van der Waals surface area contributed by atoms with Gasteiger partial charge in [0.2, 0.25) is 0 Å². The van der Waals surface area contributed by atoms with E-state index in [4.69, 9.17) is 18.9 Å². The van der Waals surface area contributed by atoms with Crippen LogP contribution < -0.4 is 0 Å². The van der Waals surface area contributed by atoms with E-state index in [1.54, 1.807) is 0 Å². The van der Waals surface area contributed by atoms with Gasteiger partial charge in [-0.05, 0) is 117 Å². The van der Waals surface area contributed by atoms with Gasteiger partial charge in [-0.1, -0.05) is 211 Å². The molecule has 0 aromatic heterocycles. The molecule has 0 spiro atoms. The third kappa shape index (κ3) is 43.2. The largest absolute Gasteiger partial charge is 0.465 e. The van der Waals surface area contributed by atoms with Crippen molar-refractivity contribution in [1.29, 1.82) is 0 Å². The fraction of sp³-hybridized carbons (Fsp3) is 0.846. The number of carbonyl (C=O) groups is 4. The third-order valence-corrected chi connectivity index (χ3v) is 14.7. The molecule has 9 heteroatoms. The lowest BCUT2D eigenvalue weighted by molar-refractivity contribution is -0.179. The Morgan fingerprint density at radius 1 is 0.365 bits per heavy atom. The van der Waals surface area contributed by atoms with Gasteiger partial charge in [0, 0.05) is 31.7 Å². The van der Waals surface area contributed by atoms with Gasteiger partial charge in [0.1, 0.15) is 12.2 Å². The van der Waals surface area contributed by atoms with E-state index >= 15 is 0 Å². The Morgan fingerprint density at radius 3 is 1.00 bits per heavy atom. The first-order chi connectivity index (χ1) is 36.2. The number of allylic oxidation sites excluding steroid dienone is 6. The van der Waals surface area contributed by atoms with Crippen LogP contribution in [0.4, 0.5) is 0 Å². The number of esters is 4. The van der Waals surface area contributed by atoms with Crippen LogP contribution >= 0.6 is 0 Å². The van der Waals surface area contributed by atoms with Gasteiger partial charge in [-0.3, -0.25) is 19.2 Å². The van der Waals surface area contributed by atoms with E-state index in [-0.39, 0.29) is 62.6 Å². The first-order valence-electron chi connectivity index (χ1n) is 31.5. The minimum absolute atomic E-state index is 0.0117. The van der Waals surface area contributed by atoms with Crippen LogP contribution in [0.25, 0.3) is 0 Å². The molecular weight excluding hydrogens is 923 g/mol. The predicted molar refractivity (Wildman–Crippen MR) is 310 cm³/mol. The Hall–Kier alpha value is -2.94. The summed E-state index contributed by atoms with van der Waals surface area (Å²) in [6, 6.07) is 0. The average Bonchev–Trinajstić information content (AvgIpc) is 3.69. The second-order valence-corrected chi connectivity index (χ2v) is 22.2. The Bertz CT molecular complexity index is 1410. The maximum Gasteiger partial charge on any atom is 0.307 e. The number of carbonyl (C=O) groups excluding carboxylic acids is 4. The van der Waals surface area contributed by atoms with Crippen LogP contribution in [-0.4, -0.2) is 74.3 Å². The van der Waals surface area contributed by atoms with E-state index in [2.05, 4.69) is 57.2 Å². The van der Waals surface area contributed by atoms with Crippen LogP contribution in [0.3, 0.4) is 0 Å². The molecule has 1 saturated carbocycles.